The molecule has 7 heteroatoms. The number of halogens is 1. The third-order valence-corrected chi connectivity index (χ3v) is 3.10. The Hall–Kier alpha value is -1.44. The highest BCUT2D eigenvalue weighted by atomic mass is 79.9. The van der Waals surface area contributed by atoms with Crippen LogP contribution in [0.4, 0.5) is 0 Å². The van der Waals surface area contributed by atoms with Crippen molar-refractivity contribution < 1.29 is 24.6 Å². The van der Waals surface area contributed by atoms with Gasteiger partial charge in [-0.15, -0.1) is 5.06 Å². The molecular weight excluding hydrogens is 318 g/mol. The number of carboxylic acids is 1. The summed E-state index contributed by atoms with van der Waals surface area (Å²) in [5, 5.41) is 18.9. The molecule has 19 heavy (non-hydrogen) atoms. The standard InChI is InChI=1S/C12H14BrNO5/c1-2-14(10(7-15)11(16)17)19-12(18)8-5-3-4-6-9(8)13/h3-6,10,15H,2,7H2,1H3,(H,16,17)/t10-/m0/s1. The van der Waals surface area contributed by atoms with Crippen molar-refractivity contribution in [3.63, 3.8) is 0 Å². The monoisotopic (exact) mass is 331 g/mol. The van der Waals surface area contributed by atoms with Gasteiger partial charge < -0.3 is 15.1 Å². The SMILES string of the molecule is CCN(OC(=O)c1ccccc1Br)[C@@H](CO)C(=O)O. The zero-order chi connectivity index (χ0) is 14.4. The quantitative estimate of drug-likeness (QED) is 0.764. The molecule has 0 radical (unpaired) electrons. The summed E-state index contributed by atoms with van der Waals surface area (Å²) in [5.74, 6) is -1.95. The number of carbonyl (C=O) groups is 2. The van der Waals surface area contributed by atoms with Gasteiger partial charge in [0.15, 0.2) is 6.04 Å². The smallest absolute Gasteiger partial charge is 0.358 e. The Labute approximate surface area is 118 Å². The minimum absolute atomic E-state index is 0.147. The lowest BCUT2D eigenvalue weighted by molar-refractivity contribution is -0.175. The largest absolute Gasteiger partial charge is 0.480 e. The number of rotatable bonds is 6. The number of aliphatic hydroxyl groups excluding tert-OH is 1. The highest BCUT2D eigenvalue weighted by Gasteiger charge is 2.28. The predicted molar refractivity (Wildman–Crippen MR) is 70.4 cm³/mol. The van der Waals surface area contributed by atoms with E-state index in [-0.39, 0.29) is 12.1 Å². The van der Waals surface area contributed by atoms with Gasteiger partial charge in [-0.25, -0.2) is 4.79 Å². The van der Waals surface area contributed by atoms with E-state index in [1.54, 1.807) is 31.2 Å². The maximum atomic E-state index is 11.9. The summed E-state index contributed by atoms with van der Waals surface area (Å²) >= 11 is 3.21. The van der Waals surface area contributed by atoms with Crippen LogP contribution in [-0.2, 0) is 9.63 Å². The summed E-state index contributed by atoms with van der Waals surface area (Å²) in [6, 6.07) is 5.35. The zero-order valence-electron chi connectivity index (χ0n) is 10.2. The molecule has 6 nitrogen and oxygen atoms in total. The number of hydrogen-bond donors (Lipinski definition) is 2. The van der Waals surface area contributed by atoms with E-state index >= 15 is 0 Å². The van der Waals surface area contributed by atoms with E-state index < -0.39 is 24.6 Å². The number of nitrogens with zero attached hydrogens (tertiary/aromatic N) is 1. The Morgan fingerprint density at radius 3 is 2.53 bits per heavy atom. The molecule has 0 unspecified atom stereocenters. The van der Waals surface area contributed by atoms with Crippen molar-refractivity contribution in [2.45, 2.75) is 13.0 Å². The van der Waals surface area contributed by atoms with E-state index in [0.29, 0.717) is 4.47 Å². The second-order valence-electron chi connectivity index (χ2n) is 3.63. The van der Waals surface area contributed by atoms with Gasteiger partial charge in [0.25, 0.3) is 0 Å². The van der Waals surface area contributed by atoms with Crippen LogP contribution in [0.25, 0.3) is 0 Å². The number of aliphatic hydroxyl groups is 1. The summed E-state index contributed by atoms with van der Waals surface area (Å²) < 4.78 is 0.548. The molecule has 0 amide bonds. The van der Waals surface area contributed by atoms with Crippen LogP contribution >= 0.6 is 15.9 Å². The molecule has 0 aliphatic carbocycles. The minimum Gasteiger partial charge on any atom is -0.480 e. The van der Waals surface area contributed by atoms with E-state index in [1.807, 2.05) is 0 Å². The number of hydroxylamine groups is 2. The second kappa shape index (κ2) is 7.22. The first-order valence-electron chi connectivity index (χ1n) is 5.58. The van der Waals surface area contributed by atoms with Crippen LogP contribution in [-0.4, -0.2) is 46.4 Å². The van der Waals surface area contributed by atoms with Gasteiger partial charge in [-0.3, -0.25) is 4.79 Å². The Morgan fingerprint density at radius 1 is 1.42 bits per heavy atom. The lowest BCUT2D eigenvalue weighted by Crippen LogP contribution is -2.44. The second-order valence-corrected chi connectivity index (χ2v) is 4.48. The van der Waals surface area contributed by atoms with Gasteiger partial charge in [0, 0.05) is 11.0 Å². The molecular formula is C12H14BrNO5. The van der Waals surface area contributed by atoms with Crippen LogP contribution in [0.1, 0.15) is 17.3 Å². The van der Waals surface area contributed by atoms with Gasteiger partial charge in [0.2, 0.25) is 0 Å². The van der Waals surface area contributed by atoms with Crippen LogP contribution in [0.2, 0.25) is 0 Å². The fourth-order valence-electron chi connectivity index (χ4n) is 1.42. The highest BCUT2D eigenvalue weighted by Crippen LogP contribution is 2.17. The van der Waals surface area contributed by atoms with Gasteiger partial charge >= 0.3 is 11.9 Å². The molecule has 0 spiro atoms. The number of likely N-dealkylation sites (N-methyl/N-ethyl adjacent to an activating group) is 1. The molecule has 0 saturated heterocycles. The van der Waals surface area contributed by atoms with Crippen molar-refractivity contribution in [2.75, 3.05) is 13.2 Å². The lowest BCUT2D eigenvalue weighted by Gasteiger charge is -2.24. The minimum atomic E-state index is -1.28. The molecule has 1 aromatic carbocycles. The number of carbonyl (C=O) groups excluding carboxylic acids is 1. The van der Waals surface area contributed by atoms with E-state index in [1.165, 1.54) is 0 Å². The van der Waals surface area contributed by atoms with Crippen molar-refractivity contribution in [3.8, 4) is 0 Å². The molecule has 0 saturated carbocycles. The summed E-state index contributed by atoms with van der Waals surface area (Å²) in [6.07, 6.45) is 0. The van der Waals surface area contributed by atoms with Crippen molar-refractivity contribution in [1.82, 2.24) is 5.06 Å². The topological polar surface area (TPSA) is 87.1 Å². The van der Waals surface area contributed by atoms with Crippen molar-refractivity contribution in [3.05, 3.63) is 34.3 Å². The molecule has 0 aromatic heterocycles. The average Bonchev–Trinajstić information content (AvgIpc) is 2.38. The third-order valence-electron chi connectivity index (χ3n) is 2.41. The van der Waals surface area contributed by atoms with Gasteiger partial charge in [-0.05, 0) is 35.0 Å². The van der Waals surface area contributed by atoms with Crippen LogP contribution in [0.5, 0.6) is 0 Å². The first kappa shape index (κ1) is 15.6. The molecule has 0 aliphatic rings. The number of benzene rings is 1. The highest BCUT2D eigenvalue weighted by molar-refractivity contribution is 9.10. The molecule has 0 bridgehead atoms. The number of hydrogen-bond acceptors (Lipinski definition) is 5. The molecule has 1 aromatic rings. The summed E-state index contributed by atoms with van der Waals surface area (Å²) in [7, 11) is 0. The molecule has 104 valence electrons. The van der Waals surface area contributed by atoms with E-state index in [4.69, 9.17) is 15.1 Å². The Kier molecular flexibility index (Phi) is 5.94. The molecule has 2 N–H and O–H groups in total. The number of aliphatic carboxylic acids is 1. The predicted octanol–water partition coefficient (Wildman–Crippen LogP) is 1.29. The Morgan fingerprint density at radius 2 is 2.05 bits per heavy atom. The maximum absolute atomic E-state index is 11.9. The van der Waals surface area contributed by atoms with E-state index in [2.05, 4.69) is 15.9 Å². The van der Waals surface area contributed by atoms with Crippen LogP contribution in [0.15, 0.2) is 28.7 Å². The van der Waals surface area contributed by atoms with Crippen molar-refractivity contribution in [1.29, 1.82) is 0 Å². The maximum Gasteiger partial charge on any atom is 0.358 e. The lowest BCUT2D eigenvalue weighted by atomic mass is 10.2. The van der Waals surface area contributed by atoms with Gasteiger partial charge in [0.1, 0.15) is 0 Å². The van der Waals surface area contributed by atoms with Gasteiger partial charge in [-0.2, -0.15) is 0 Å². The van der Waals surface area contributed by atoms with Gasteiger partial charge in [-0.1, -0.05) is 12.1 Å². The zero-order valence-corrected chi connectivity index (χ0v) is 11.8. The molecule has 0 aliphatic heterocycles. The summed E-state index contributed by atoms with van der Waals surface area (Å²) in [4.78, 5) is 27.8. The fourth-order valence-corrected chi connectivity index (χ4v) is 1.87. The summed E-state index contributed by atoms with van der Waals surface area (Å²) in [5.41, 5.74) is 0.281. The first-order valence-corrected chi connectivity index (χ1v) is 6.37. The fraction of sp³-hybridized carbons (Fsp3) is 0.333. The van der Waals surface area contributed by atoms with E-state index in [9.17, 15) is 9.59 Å². The average molecular weight is 332 g/mol. The molecule has 1 atom stereocenters. The van der Waals surface area contributed by atoms with Crippen molar-refractivity contribution >= 4 is 27.9 Å². The van der Waals surface area contributed by atoms with Crippen molar-refractivity contribution in [2.24, 2.45) is 0 Å². The van der Waals surface area contributed by atoms with E-state index in [0.717, 1.165) is 5.06 Å². The molecule has 0 fully saturated rings. The van der Waals surface area contributed by atoms with Crippen LogP contribution in [0, 0.1) is 0 Å². The normalized spacial score (nSPS) is 12.2. The van der Waals surface area contributed by atoms with Crippen LogP contribution < -0.4 is 0 Å². The Balaban J connectivity index is 2.84. The van der Waals surface area contributed by atoms with Gasteiger partial charge in [0.05, 0.1) is 12.2 Å². The third kappa shape index (κ3) is 4.02. The first-order chi connectivity index (χ1) is 9.01. The van der Waals surface area contributed by atoms with Crippen LogP contribution in [0.3, 0.4) is 0 Å². The number of carboxylic acid groups (broad SMARTS) is 1. The molecule has 1 rings (SSSR count). The molecule has 0 heterocycles. The summed E-state index contributed by atoms with van der Waals surface area (Å²) in [6.45, 7) is 1.12. The Bertz CT molecular complexity index is 465.